The number of phenols is 5. The lowest BCUT2D eigenvalue weighted by Crippen LogP contribution is -2.60. The van der Waals surface area contributed by atoms with Crippen LogP contribution in [0.1, 0.15) is 5.56 Å². The smallest absolute Gasteiger partial charge is 0.330 e. The van der Waals surface area contributed by atoms with Crippen LogP contribution in [0.15, 0.2) is 63.8 Å². The molecule has 0 bridgehead atoms. The Hall–Kier alpha value is -5.48. The van der Waals surface area contributed by atoms with E-state index >= 15 is 0 Å². The number of carbonyl (C=O) groups excluding carboxylic acids is 1. The highest BCUT2D eigenvalue weighted by Crippen LogP contribution is 2.38. The molecule has 2 heterocycles. The van der Waals surface area contributed by atoms with Crippen molar-refractivity contribution in [1.82, 2.24) is 0 Å². The SMILES string of the molecule is O=C(C=Cc1ccc(O)c(O)c1)OCC1OC(Oc2cc(O)c3c(=O)c(O)c(-c4ccc(O)c(O)c4)oc3c2)C(O)C(O)C1O. The fourth-order valence-electron chi connectivity index (χ4n) is 4.50. The second kappa shape index (κ2) is 12.3. The van der Waals surface area contributed by atoms with Crippen LogP contribution in [0.4, 0.5) is 0 Å². The zero-order valence-electron chi connectivity index (χ0n) is 22.8. The number of ether oxygens (including phenoxy) is 3. The summed E-state index contributed by atoms with van der Waals surface area (Å²) in [5.41, 5.74) is -0.973. The van der Waals surface area contributed by atoms with Gasteiger partial charge >= 0.3 is 5.97 Å². The van der Waals surface area contributed by atoms with Gasteiger partial charge in [-0.05, 0) is 42.0 Å². The summed E-state index contributed by atoms with van der Waals surface area (Å²) in [6.07, 6.45) is -6.21. The molecule has 5 atom stereocenters. The average Bonchev–Trinajstić information content (AvgIpc) is 3.00. The predicted molar refractivity (Wildman–Crippen MR) is 152 cm³/mol. The summed E-state index contributed by atoms with van der Waals surface area (Å²) in [7, 11) is 0. The Morgan fingerprint density at radius 3 is 2.18 bits per heavy atom. The number of hydrogen-bond donors (Lipinski definition) is 9. The Labute approximate surface area is 251 Å². The monoisotopic (exact) mass is 626 g/mol. The molecule has 1 saturated heterocycles. The topological polar surface area (TPSA) is 257 Å². The molecule has 0 amide bonds. The lowest BCUT2D eigenvalue weighted by molar-refractivity contribution is -0.278. The van der Waals surface area contributed by atoms with Gasteiger partial charge in [-0.1, -0.05) is 6.07 Å². The van der Waals surface area contributed by atoms with Gasteiger partial charge in [0.15, 0.2) is 28.8 Å². The maximum absolute atomic E-state index is 12.8. The molecule has 15 heteroatoms. The molecule has 1 fully saturated rings. The van der Waals surface area contributed by atoms with Crippen molar-refractivity contribution in [3.8, 4) is 51.6 Å². The maximum atomic E-state index is 12.8. The Bertz CT molecular complexity index is 1850. The second-order valence-electron chi connectivity index (χ2n) is 9.97. The summed E-state index contributed by atoms with van der Waals surface area (Å²) in [5.74, 6) is -4.93. The average molecular weight is 627 g/mol. The van der Waals surface area contributed by atoms with Crippen molar-refractivity contribution in [2.24, 2.45) is 0 Å². The number of carbonyl (C=O) groups is 1. The van der Waals surface area contributed by atoms with Crippen molar-refractivity contribution in [1.29, 1.82) is 0 Å². The maximum Gasteiger partial charge on any atom is 0.330 e. The van der Waals surface area contributed by atoms with E-state index in [0.29, 0.717) is 5.56 Å². The molecule has 0 spiro atoms. The number of esters is 1. The van der Waals surface area contributed by atoms with Crippen LogP contribution in [0.3, 0.4) is 0 Å². The molecule has 1 aliphatic rings. The minimum absolute atomic E-state index is 0.00389. The molecule has 4 aromatic rings. The first kappa shape index (κ1) is 31.0. The lowest BCUT2D eigenvalue weighted by Gasteiger charge is -2.39. The van der Waals surface area contributed by atoms with Crippen LogP contribution in [-0.4, -0.2) is 89.2 Å². The standard InChI is InChI=1S/C30H26O15/c31-15-4-1-12(7-17(15)33)2-6-22(36)42-11-21-24(37)26(39)28(41)30(45-21)43-14-9-19(35)23-20(10-14)44-29(27(40)25(23)38)13-3-5-16(32)18(34)8-13/h1-10,21,24,26,28,30-35,37,39-41H,11H2. The van der Waals surface area contributed by atoms with Crippen LogP contribution in [0, 0.1) is 0 Å². The van der Waals surface area contributed by atoms with E-state index < -0.39 is 88.6 Å². The molecular weight excluding hydrogens is 600 g/mol. The van der Waals surface area contributed by atoms with Gasteiger partial charge in [0.05, 0.1) is 0 Å². The molecule has 1 aliphatic heterocycles. The summed E-state index contributed by atoms with van der Waals surface area (Å²) < 4.78 is 21.8. The van der Waals surface area contributed by atoms with Crippen molar-refractivity contribution < 1.29 is 69.4 Å². The highest BCUT2D eigenvalue weighted by molar-refractivity contribution is 5.88. The van der Waals surface area contributed by atoms with Gasteiger partial charge in [0, 0.05) is 23.8 Å². The molecule has 1 aromatic heterocycles. The van der Waals surface area contributed by atoms with E-state index in [2.05, 4.69) is 0 Å². The third kappa shape index (κ3) is 6.27. The number of aromatic hydroxyl groups is 6. The van der Waals surface area contributed by atoms with Crippen molar-refractivity contribution in [2.75, 3.05) is 6.61 Å². The molecule has 3 aromatic carbocycles. The van der Waals surface area contributed by atoms with Gasteiger partial charge in [0.1, 0.15) is 53.5 Å². The third-order valence-electron chi connectivity index (χ3n) is 6.88. The summed E-state index contributed by atoms with van der Waals surface area (Å²) >= 11 is 0. The Kier molecular flexibility index (Phi) is 8.43. The number of hydrogen-bond acceptors (Lipinski definition) is 15. The summed E-state index contributed by atoms with van der Waals surface area (Å²) in [5, 5.41) is 90.1. The number of fused-ring (bicyclic) bond motifs is 1. The van der Waals surface area contributed by atoms with E-state index in [1.807, 2.05) is 0 Å². The van der Waals surface area contributed by atoms with Gasteiger partial charge < -0.3 is 64.6 Å². The van der Waals surface area contributed by atoms with Crippen LogP contribution in [-0.2, 0) is 14.3 Å². The van der Waals surface area contributed by atoms with Crippen LogP contribution in [0.25, 0.3) is 28.4 Å². The molecule has 5 rings (SSSR count). The molecule has 236 valence electrons. The number of phenolic OH excluding ortho intramolecular Hbond substituents is 5. The Morgan fingerprint density at radius 1 is 0.800 bits per heavy atom. The van der Waals surface area contributed by atoms with E-state index in [1.54, 1.807) is 0 Å². The molecule has 45 heavy (non-hydrogen) atoms. The molecule has 0 radical (unpaired) electrons. The molecule has 5 unspecified atom stereocenters. The highest BCUT2D eigenvalue weighted by atomic mass is 16.7. The van der Waals surface area contributed by atoms with Crippen LogP contribution in [0.2, 0.25) is 0 Å². The van der Waals surface area contributed by atoms with E-state index in [9.17, 15) is 55.5 Å². The molecular formula is C30H26O15. The number of benzene rings is 3. The number of aliphatic hydroxyl groups excluding tert-OH is 3. The minimum Gasteiger partial charge on any atom is -0.507 e. The van der Waals surface area contributed by atoms with Gasteiger partial charge in [0.25, 0.3) is 0 Å². The second-order valence-corrected chi connectivity index (χ2v) is 9.97. The first-order valence-corrected chi connectivity index (χ1v) is 13.1. The van der Waals surface area contributed by atoms with Crippen LogP contribution >= 0.6 is 0 Å². The zero-order valence-corrected chi connectivity index (χ0v) is 22.8. The Morgan fingerprint density at radius 2 is 1.49 bits per heavy atom. The van der Waals surface area contributed by atoms with E-state index in [4.69, 9.17) is 18.6 Å². The van der Waals surface area contributed by atoms with Crippen molar-refractivity contribution >= 4 is 23.0 Å². The number of rotatable bonds is 7. The lowest BCUT2D eigenvalue weighted by atomic mass is 9.99. The molecule has 0 saturated carbocycles. The zero-order chi connectivity index (χ0) is 32.6. The van der Waals surface area contributed by atoms with Gasteiger partial charge in [0.2, 0.25) is 17.5 Å². The van der Waals surface area contributed by atoms with Crippen LogP contribution in [0.5, 0.6) is 40.2 Å². The Balaban J connectivity index is 1.34. The van der Waals surface area contributed by atoms with E-state index in [-0.39, 0.29) is 22.6 Å². The first-order chi connectivity index (χ1) is 21.3. The molecule has 9 N–H and O–H groups in total. The summed E-state index contributed by atoms with van der Waals surface area (Å²) in [6.45, 7) is -0.602. The fourth-order valence-corrected chi connectivity index (χ4v) is 4.50. The van der Waals surface area contributed by atoms with E-state index in [0.717, 1.165) is 30.3 Å². The normalized spacial score (nSPS) is 21.6. The van der Waals surface area contributed by atoms with Gasteiger partial charge in [-0.25, -0.2) is 4.79 Å². The largest absolute Gasteiger partial charge is 0.507 e. The third-order valence-corrected chi connectivity index (χ3v) is 6.88. The first-order valence-electron chi connectivity index (χ1n) is 13.1. The van der Waals surface area contributed by atoms with Crippen molar-refractivity contribution in [3.63, 3.8) is 0 Å². The van der Waals surface area contributed by atoms with Crippen molar-refractivity contribution in [2.45, 2.75) is 30.7 Å². The van der Waals surface area contributed by atoms with Crippen molar-refractivity contribution in [3.05, 3.63) is 70.4 Å². The van der Waals surface area contributed by atoms with E-state index in [1.165, 1.54) is 30.3 Å². The van der Waals surface area contributed by atoms with Gasteiger partial charge in [-0.3, -0.25) is 4.79 Å². The number of aliphatic hydroxyl groups is 3. The van der Waals surface area contributed by atoms with Crippen LogP contribution < -0.4 is 10.2 Å². The summed E-state index contributed by atoms with van der Waals surface area (Å²) in [4.78, 5) is 25.0. The minimum atomic E-state index is -1.84. The van der Waals surface area contributed by atoms with Gasteiger partial charge in [-0.15, -0.1) is 0 Å². The summed E-state index contributed by atoms with van der Waals surface area (Å²) in [6, 6.07) is 9.25. The predicted octanol–water partition coefficient (Wildman–Crippen LogP) is 1.14. The fraction of sp³-hybridized carbons (Fsp3) is 0.200. The van der Waals surface area contributed by atoms with Gasteiger partial charge in [-0.2, -0.15) is 0 Å². The quantitative estimate of drug-likeness (QED) is 0.0791. The highest BCUT2D eigenvalue weighted by Gasteiger charge is 2.45. The molecule has 0 aliphatic carbocycles. The molecule has 15 nitrogen and oxygen atoms in total.